The average Bonchev–Trinajstić information content (AvgIpc) is 2.88. The number of carbonyl (C=O) groups is 1. The Labute approximate surface area is 131 Å². The molecule has 0 spiro atoms. The summed E-state index contributed by atoms with van der Waals surface area (Å²) in [6.07, 6.45) is 0. The summed E-state index contributed by atoms with van der Waals surface area (Å²) in [6.45, 7) is 0.266. The van der Waals surface area contributed by atoms with Crippen molar-refractivity contribution in [3.8, 4) is 0 Å². The highest BCUT2D eigenvalue weighted by Crippen LogP contribution is 2.20. The van der Waals surface area contributed by atoms with Gasteiger partial charge in [-0.3, -0.25) is 4.68 Å². The predicted molar refractivity (Wildman–Crippen MR) is 82.5 cm³/mol. The SMILES string of the molecule is O=C(O)COCc1nn(Cc2ccc(F)cc2)c2ccccc12. The average molecular weight is 314 g/mol. The molecule has 0 saturated carbocycles. The molecule has 0 saturated heterocycles. The maximum Gasteiger partial charge on any atom is 0.329 e. The highest BCUT2D eigenvalue weighted by atomic mass is 19.1. The number of hydrogen-bond donors (Lipinski definition) is 1. The van der Waals surface area contributed by atoms with E-state index in [0.29, 0.717) is 12.2 Å². The maximum absolute atomic E-state index is 13.0. The summed E-state index contributed by atoms with van der Waals surface area (Å²) in [7, 11) is 0. The topological polar surface area (TPSA) is 64.3 Å². The fourth-order valence-electron chi connectivity index (χ4n) is 2.42. The van der Waals surface area contributed by atoms with Crippen molar-refractivity contribution >= 4 is 16.9 Å². The number of halogens is 1. The molecule has 2 aromatic carbocycles. The number of hydrogen-bond acceptors (Lipinski definition) is 3. The number of aliphatic carboxylic acids is 1. The quantitative estimate of drug-likeness (QED) is 0.760. The van der Waals surface area contributed by atoms with Crippen LogP contribution in [0.15, 0.2) is 48.5 Å². The van der Waals surface area contributed by atoms with Crippen LogP contribution in [0, 0.1) is 5.82 Å². The lowest BCUT2D eigenvalue weighted by Crippen LogP contribution is -2.07. The summed E-state index contributed by atoms with van der Waals surface area (Å²) in [5.74, 6) is -1.29. The number of carboxylic acid groups (broad SMARTS) is 1. The van der Waals surface area contributed by atoms with Gasteiger partial charge in [-0.2, -0.15) is 5.10 Å². The molecule has 0 aliphatic carbocycles. The van der Waals surface area contributed by atoms with Gasteiger partial charge in [-0.25, -0.2) is 9.18 Å². The van der Waals surface area contributed by atoms with Gasteiger partial charge in [0, 0.05) is 5.39 Å². The van der Waals surface area contributed by atoms with E-state index in [9.17, 15) is 9.18 Å². The van der Waals surface area contributed by atoms with Crippen molar-refractivity contribution in [2.24, 2.45) is 0 Å². The van der Waals surface area contributed by atoms with E-state index < -0.39 is 5.97 Å². The standard InChI is InChI=1S/C17H15FN2O3/c18-13-7-5-12(6-8-13)9-20-16-4-2-1-3-14(16)15(19-20)10-23-11-17(21)22/h1-8H,9-11H2,(H,21,22). The minimum atomic E-state index is -1.01. The largest absolute Gasteiger partial charge is 0.480 e. The van der Waals surface area contributed by atoms with Gasteiger partial charge in [-0.05, 0) is 23.8 Å². The molecule has 0 bridgehead atoms. The normalized spacial score (nSPS) is 11.0. The summed E-state index contributed by atoms with van der Waals surface area (Å²) in [6, 6.07) is 13.9. The number of carboxylic acids is 1. The van der Waals surface area contributed by atoms with Crippen molar-refractivity contribution in [2.45, 2.75) is 13.2 Å². The summed E-state index contributed by atoms with van der Waals surface area (Å²) in [5.41, 5.74) is 2.53. The summed E-state index contributed by atoms with van der Waals surface area (Å²) in [4.78, 5) is 10.5. The van der Waals surface area contributed by atoms with Gasteiger partial charge in [0.1, 0.15) is 12.4 Å². The zero-order chi connectivity index (χ0) is 16.2. The maximum atomic E-state index is 13.0. The first-order chi connectivity index (χ1) is 11.1. The minimum absolute atomic E-state index is 0.128. The van der Waals surface area contributed by atoms with Crippen molar-refractivity contribution < 1.29 is 19.0 Å². The Morgan fingerprint density at radius 3 is 2.65 bits per heavy atom. The molecule has 6 heteroatoms. The van der Waals surface area contributed by atoms with Crippen molar-refractivity contribution in [3.63, 3.8) is 0 Å². The van der Waals surface area contributed by atoms with Crippen LogP contribution in [0.1, 0.15) is 11.3 Å². The smallest absolute Gasteiger partial charge is 0.329 e. The van der Waals surface area contributed by atoms with Crippen LogP contribution < -0.4 is 0 Å². The Morgan fingerprint density at radius 2 is 1.91 bits per heavy atom. The molecule has 23 heavy (non-hydrogen) atoms. The molecule has 0 aliphatic rings. The van der Waals surface area contributed by atoms with E-state index in [1.165, 1.54) is 12.1 Å². The molecule has 0 atom stereocenters. The van der Waals surface area contributed by atoms with E-state index in [-0.39, 0.29) is 19.0 Å². The first-order valence-electron chi connectivity index (χ1n) is 7.12. The van der Waals surface area contributed by atoms with Crippen molar-refractivity contribution in [1.82, 2.24) is 9.78 Å². The van der Waals surface area contributed by atoms with Crippen molar-refractivity contribution in [3.05, 3.63) is 65.6 Å². The van der Waals surface area contributed by atoms with Gasteiger partial charge in [-0.15, -0.1) is 0 Å². The Hall–Kier alpha value is -2.73. The Kier molecular flexibility index (Phi) is 4.34. The molecule has 5 nitrogen and oxygen atoms in total. The van der Waals surface area contributed by atoms with Gasteiger partial charge >= 0.3 is 5.97 Å². The summed E-state index contributed by atoms with van der Waals surface area (Å²) < 4.78 is 20.0. The molecule has 1 N–H and O–H groups in total. The van der Waals surface area contributed by atoms with Gasteiger partial charge in [0.05, 0.1) is 24.4 Å². The van der Waals surface area contributed by atoms with Crippen LogP contribution in [0.25, 0.3) is 10.9 Å². The first kappa shape index (κ1) is 15.2. The third kappa shape index (κ3) is 3.54. The van der Waals surface area contributed by atoms with Crippen LogP contribution in [-0.2, 0) is 22.7 Å². The van der Waals surface area contributed by atoms with Crippen LogP contribution in [-0.4, -0.2) is 27.5 Å². The van der Waals surface area contributed by atoms with Gasteiger partial charge in [0.15, 0.2) is 0 Å². The first-order valence-corrected chi connectivity index (χ1v) is 7.12. The van der Waals surface area contributed by atoms with E-state index in [0.717, 1.165) is 16.5 Å². The van der Waals surface area contributed by atoms with E-state index in [1.807, 2.05) is 28.9 Å². The lowest BCUT2D eigenvalue weighted by molar-refractivity contribution is -0.142. The summed E-state index contributed by atoms with van der Waals surface area (Å²) >= 11 is 0. The third-order valence-electron chi connectivity index (χ3n) is 3.44. The molecule has 0 fully saturated rings. The molecule has 0 unspecified atom stereocenters. The highest BCUT2D eigenvalue weighted by Gasteiger charge is 2.11. The molecular weight excluding hydrogens is 299 g/mol. The van der Waals surface area contributed by atoms with Gasteiger partial charge < -0.3 is 9.84 Å². The number of nitrogens with zero attached hydrogens (tertiary/aromatic N) is 2. The van der Waals surface area contributed by atoms with Crippen LogP contribution in [0.2, 0.25) is 0 Å². The molecule has 3 rings (SSSR count). The van der Waals surface area contributed by atoms with Crippen LogP contribution in [0.4, 0.5) is 4.39 Å². The van der Waals surface area contributed by atoms with E-state index in [2.05, 4.69) is 5.10 Å². The number of fused-ring (bicyclic) bond motifs is 1. The molecule has 0 radical (unpaired) electrons. The van der Waals surface area contributed by atoms with Crippen LogP contribution in [0.5, 0.6) is 0 Å². The number of benzene rings is 2. The molecule has 1 aromatic heterocycles. The van der Waals surface area contributed by atoms with Crippen LogP contribution >= 0.6 is 0 Å². The number of rotatable bonds is 6. The molecule has 118 valence electrons. The van der Waals surface area contributed by atoms with Gasteiger partial charge in [-0.1, -0.05) is 30.3 Å². The van der Waals surface area contributed by atoms with Crippen molar-refractivity contribution in [1.29, 1.82) is 0 Å². The third-order valence-corrected chi connectivity index (χ3v) is 3.44. The lowest BCUT2D eigenvalue weighted by atomic mass is 10.2. The Morgan fingerprint density at radius 1 is 1.17 bits per heavy atom. The Bertz CT molecular complexity index is 827. The molecule has 0 amide bonds. The van der Waals surface area contributed by atoms with E-state index in [1.54, 1.807) is 12.1 Å². The molecule has 1 heterocycles. The van der Waals surface area contributed by atoms with E-state index in [4.69, 9.17) is 9.84 Å². The second-order valence-electron chi connectivity index (χ2n) is 5.13. The second kappa shape index (κ2) is 6.58. The molecule has 0 aliphatic heterocycles. The fourth-order valence-corrected chi connectivity index (χ4v) is 2.42. The zero-order valence-corrected chi connectivity index (χ0v) is 12.3. The predicted octanol–water partition coefficient (Wildman–Crippen LogP) is 2.82. The number of ether oxygens (including phenoxy) is 1. The minimum Gasteiger partial charge on any atom is -0.480 e. The number of aromatic nitrogens is 2. The van der Waals surface area contributed by atoms with Crippen LogP contribution in [0.3, 0.4) is 0 Å². The number of para-hydroxylation sites is 1. The van der Waals surface area contributed by atoms with Gasteiger partial charge in [0.25, 0.3) is 0 Å². The Balaban J connectivity index is 1.87. The zero-order valence-electron chi connectivity index (χ0n) is 12.3. The van der Waals surface area contributed by atoms with Crippen molar-refractivity contribution in [2.75, 3.05) is 6.61 Å². The molecular formula is C17H15FN2O3. The second-order valence-corrected chi connectivity index (χ2v) is 5.13. The highest BCUT2D eigenvalue weighted by molar-refractivity contribution is 5.82. The monoisotopic (exact) mass is 314 g/mol. The van der Waals surface area contributed by atoms with Gasteiger partial charge in [0.2, 0.25) is 0 Å². The lowest BCUT2D eigenvalue weighted by Gasteiger charge is -2.03. The molecule has 3 aromatic rings. The summed E-state index contributed by atoms with van der Waals surface area (Å²) in [5, 5.41) is 14.1. The fraction of sp³-hybridized carbons (Fsp3) is 0.176. The van der Waals surface area contributed by atoms with E-state index >= 15 is 0 Å².